The Morgan fingerprint density at radius 3 is 2.04 bits per heavy atom. The molecule has 9 rings (SSSR count). The lowest BCUT2D eigenvalue weighted by molar-refractivity contribution is -0.237. The zero-order valence-corrected chi connectivity index (χ0v) is 55.3. The fourth-order valence-corrected chi connectivity index (χ4v) is 11.1. The molecule has 6 heterocycles. The van der Waals surface area contributed by atoms with Crippen molar-refractivity contribution >= 4 is 105 Å². The van der Waals surface area contributed by atoms with Crippen LogP contribution in [-0.2, 0) is 64.5 Å². The number of imidazole rings is 2. The molecular formula is C65H77N17O18. The van der Waals surface area contributed by atoms with E-state index < -0.39 is 96.9 Å². The van der Waals surface area contributed by atoms with Gasteiger partial charge in [-0.3, -0.25) is 63.5 Å². The molecule has 3 aliphatic heterocycles. The number of carboxylic acid groups (broad SMARTS) is 1. The number of aliphatic carboxylic acids is 1. The Morgan fingerprint density at radius 2 is 1.43 bits per heavy atom. The third-order valence-corrected chi connectivity index (χ3v) is 16.0. The number of hydrogen-bond donors (Lipinski definition) is 11. The van der Waals surface area contributed by atoms with Gasteiger partial charge in [0.05, 0.1) is 42.2 Å². The highest BCUT2D eigenvalue weighted by Gasteiger charge is 2.42. The second-order valence-corrected chi connectivity index (χ2v) is 23.3. The molecule has 1 unspecified atom stereocenters. The number of ether oxygens (including phenoxy) is 5. The molecule has 4 atom stereocenters. The fraction of sp³-hybridized carbons (Fsp3) is 0.385. The number of methoxy groups -OCH3 is 1. The van der Waals surface area contributed by atoms with Crippen LogP contribution in [0.3, 0.4) is 0 Å². The van der Waals surface area contributed by atoms with E-state index in [0.29, 0.717) is 67.0 Å². The maximum Gasteiger partial charge on any atom is 0.410 e. The van der Waals surface area contributed by atoms with Crippen LogP contribution < -0.4 is 52.3 Å². The highest BCUT2D eigenvalue weighted by molar-refractivity contribution is 6.14. The van der Waals surface area contributed by atoms with E-state index in [9.17, 15) is 63.3 Å². The first-order chi connectivity index (χ1) is 47.8. The van der Waals surface area contributed by atoms with Crippen molar-refractivity contribution in [3.8, 4) is 17.2 Å². The van der Waals surface area contributed by atoms with Crippen molar-refractivity contribution in [3.63, 3.8) is 0 Å². The maximum absolute atomic E-state index is 14.0. The number of anilines is 3. The molecule has 530 valence electrons. The number of aryl methyl sites for hydroxylation is 2. The minimum absolute atomic E-state index is 0.0227. The smallest absolute Gasteiger partial charge is 0.410 e. The highest BCUT2D eigenvalue weighted by Crippen LogP contribution is 2.35. The molecule has 100 heavy (non-hydrogen) atoms. The summed E-state index contributed by atoms with van der Waals surface area (Å²) in [6.45, 7) is 8.74. The second-order valence-electron chi connectivity index (χ2n) is 23.3. The number of aliphatic hydroxyl groups is 2. The molecule has 2 saturated heterocycles. The van der Waals surface area contributed by atoms with Crippen molar-refractivity contribution in [1.82, 2.24) is 54.2 Å². The molecule has 6 aromatic rings. The van der Waals surface area contributed by atoms with Gasteiger partial charge in [-0.25, -0.2) is 19.6 Å². The number of nitrogens with zero attached hydrogens (tertiary/aromatic N) is 9. The van der Waals surface area contributed by atoms with Gasteiger partial charge in [0.25, 0.3) is 23.6 Å². The Bertz CT molecular complexity index is 4260. The van der Waals surface area contributed by atoms with Crippen LogP contribution in [0.4, 0.5) is 22.4 Å². The zero-order valence-electron chi connectivity index (χ0n) is 55.3. The van der Waals surface area contributed by atoms with Crippen molar-refractivity contribution < 1.29 is 86.9 Å². The fourth-order valence-electron chi connectivity index (χ4n) is 11.1. The summed E-state index contributed by atoms with van der Waals surface area (Å²) in [4.78, 5) is 142. The number of carbonyl (C=O) groups excluding carboxylic acids is 9. The summed E-state index contributed by atoms with van der Waals surface area (Å²) in [5.74, 6) is -6.32. The average Bonchev–Trinajstić information content (AvgIpc) is 1.59. The summed E-state index contributed by atoms with van der Waals surface area (Å²) >= 11 is 0. The van der Waals surface area contributed by atoms with Gasteiger partial charge in [0.1, 0.15) is 58.9 Å². The van der Waals surface area contributed by atoms with Gasteiger partial charge in [0.15, 0.2) is 6.10 Å². The van der Waals surface area contributed by atoms with Gasteiger partial charge >= 0.3 is 12.1 Å². The summed E-state index contributed by atoms with van der Waals surface area (Å²) in [5, 5.41) is 56.8. The average molecular weight is 1380 g/mol. The number of piperazine rings is 1. The molecule has 2 fully saturated rings. The van der Waals surface area contributed by atoms with Crippen LogP contribution in [0.25, 0.3) is 22.1 Å². The lowest BCUT2D eigenvalue weighted by atomic mass is 10.0. The molecule has 9 amide bonds. The van der Waals surface area contributed by atoms with Crippen LogP contribution >= 0.6 is 0 Å². The predicted octanol–water partition coefficient (Wildman–Crippen LogP) is 1.49. The highest BCUT2D eigenvalue weighted by atomic mass is 16.7. The molecule has 3 aliphatic rings. The minimum Gasteiger partial charge on any atom is -0.494 e. The quantitative estimate of drug-likeness (QED) is 0.00965. The number of imide groups is 1. The molecule has 3 aromatic carbocycles. The first kappa shape index (κ1) is 72.7. The van der Waals surface area contributed by atoms with E-state index in [1.165, 1.54) is 67.5 Å². The van der Waals surface area contributed by atoms with Gasteiger partial charge in [0.2, 0.25) is 41.8 Å². The SMILES string of the molecule is CCN/C(=C\C(C)=N)C(=O)Nc1nc2cc(C(N)=O)cc(OCCCN3CCN(C(=O)OCc4ccc(OC5O[C@H](C(=O)O)[C@@H](O)C[C@H]5O)c(NC(=O)CCNC(=O)CN5C(=O)C=CC5=O)c4)CC3)c2n1C/C=C/Cn1c(NC(=O)c2cc(C)nn2CC)nc2cc(C(N)=O)cc(OC)c21. The summed E-state index contributed by atoms with van der Waals surface area (Å²) in [7, 11) is 1.42. The topological polar surface area (TPSA) is 477 Å². The summed E-state index contributed by atoms with van der Waals surface area (Å²) in [6.07, 6.45) is -0.345. The number of nitrogens with one attached hydrogen (secondary N) is 6. The Kier molecular flexibility index (Phi) is 23.7. The van der Waals surface area contributed by atoms with E-state index in [4.69, 9.17) is 50.5 Å². The Balaban J connectivity index is 0.865. The van der Waals surface area contributed by atoms with Crippen molar-refractivity contribution in [2.24, 2.45) is 11.5 Å². The number of aromatic nitrogens is 6. The van der Waals surface area contributed by atoms with Crippen LogP contribution in [0.5, 0.6) is 17.2 Å². The van der Waals surface area contributed by atoms with Crippen molar-refractivity contribution in [2.45, 2.75) is 97.8 Å². The normalized spacial score (nSPS) is 17.2. The zero-order chi connectivity index (χ0) is 72.1. The minimum atomic E-state index is -1.74. The van der Waals surface area contributed by atoms with Gasteiger partial charge in [-0.15, -0.1) is 0 Å². The van der Waals surface area contributed by atoms with E-state index in [1.807, 2.05) is 6.92 Å². The van der Waals surface area contributed by atoms with Gasteiger partial charge in [-0.1, -0.05) is 18.2 Å². The number of allylic oxidation sites excluding steroid dienone is 3. The van der Waals surface area contributed by atoms with Gasteiger partial charge in [0, 0.05) is 107 Å². The third kappa shape index (κ3) is 17.8. The lowest BCUT2D eigenvalue weighted by Crippen LogP contribution is -2.52. The molecule has 0 spiro atoms. The van der Waals surface area contributed by atoms with Crippen LogP contribution in [0, 0.1) is 12.3 Å². The number of carboxylic acids is 1. The Hall–Kier alpha value is -11.6. The standard InChI is InChI=1S/C65H77N17O18/c1-6-69-43(25-35(3)66)59(91)74-63-73-42-29-39(58(68)90)31-49(55(42)80(63)19-9-8-18-79-54-41(28-38(57(67)89)30-48(54)96-5)72-64(79)75-60(92)44-26-36(4)76-82(44)7-2)97-24-10-17-77-20-22-78(23-21-77)65(95)98-34-37-11-12-47(99-62-46(84)32-45(83)56(100-62)61(93)94)40(27-37)71-50(85)15-16-70-51(86)33-81-52(87)13-14-53(81)88/h8-9,11-14,25-31,45-46,56,62,66,69,83-84H,6-7,10,15-24,32-34H2,1-5H3,(H2,67,89)(H2,68,90)(H,70,86)(H,71,85)(H,93,94)(H,72,75,92)(H,73,74,91)/b9-8+,43-25-,66-35?/t45-,46+,56-,62?/m0/s1. The van der Waals surface area contributed by atoms with Crippen LogP contribution in [0.1, 0.15) is 82.5 Å². The van der Waals surface area contributed by atoms with E-state index in [0.717, 1.165) is 17.1 Å². The third-order valence-electron chi connectivity index (χ3n) is 16.0. The number of nitrogens with two attached hydrogens (primary N) is 2. The molecule has 3 aromatic heterocycles. The molecule has 0 saturated carbocycles. The summed E-state index contributed by atoms with van der Waals surface area (Å²) < 4.78 is 34.0. The van der Waals surface area contributed by atoms with E-state index >= 15 is 0 Å². The first-order valence-electron chi connectivity index (χ1n) is 31.8. The molecule has 0 bridgehead atoms. The summed E-state index contributed by atoms with van der Waals surface area (Å²) in [6, 6.07) is 11.8. The largest absolute Gasteiger partial charge is 0.494 e. The Morgan fingerprint density at radius 1 is 0.790 bits per heavy atom. The van der Waals surface area contributed by atoms with Crippen LogP contribution in [0.2, 0.25) is 0 Å². The monoisotopic (exact) mass is 1380 g/mol. The summed E-state index contributed by atoms with van der Waals surface area (Å²) in [5.41, 5.74) is 14.5. The number of amides is 9. The molecule has 35 heteroatoms. The van der Waals surface area contributed by atoms with Crippen molar-refractivity contribution in [1.29, 1.82) is 5.41 Å². The first-order valence-corrected chi connectivity index (χ1v) is 31.8. The maximum atomic E-state index is 14.0. The number of fused-ring (bicyclic) bond motifs is 2. The Labute approximate surface area is 570 Å². The van der Waals surface area contributed by atoms with Crippen molar-refractivity contribution in [2.75, 3.05) is 82.0 Å². The lowest BCUT2D eigenvalue weighted by Gasteiger charge is -2.35. The van der Waals surface area contributed by atoms with E-state index in [-0.39, 0.29) is 121 Å². The van der Waals surface area contributed by atoms with Crippen LogP contribution in [-0.4, -0.2) is 215 Å². The molecule has 13 N–H and O–H groups in total. The molecule has 0 aliphatic carbocycles. The van der Waals surface area contributed by atoms with E-state index in [1.54, 1.807) is 45.9 Å². The predicted molar refractivity (Wildman–Crippen MR) is 357 cm³/mol. The van der Waals surface area contributed by atoms with Crippen LogP contribution in [0.15, 0.2) is 84.6 Å². The number of aliphatic hydroxyl groups excluding tert-OH is 2. The number of hydrogen-bond acceptors (Lipinski definition) is 23. The number of rotatable bonds is 31. The number of benzene rings is 3. The number of likely N-dealkylation sites (N-methyl/N-ethyl adjacent to an activating group) is 1. The van der Waals surface area contributed by atoms with Gasteiger partial charge in [-0.2, -0.15) is 5.10 Å². The second kappa shape index (κ2) is 32.7. The number of primary amides is 2. The van der Waals surface area contributed by atoms with Gasteiger partial charge in [-0.05, 0) is 88.2 Å². The van der Waals surface area contributed by atoms with Gasteiger partial charge < -0.3 is 85.9 Å². The van der Waals surface area contributed by atoms with E-state index in [2.05, 4.69) is 36.6 Å². The van der Waals surface area contributed by atoms with Crippen molar-refractivity contribution in [3.05, 3.63) is 113 Å². The molecule has 35 nitrogen and oxygen atoms in total. The number of carbonyl (C=O) groups is 10. The molecular weight excluding hydrogens is 1310 g/mol. The molecule has 0 radical (unpaired) electrons.